The maximum Gasteiger partial charge on any atom is 0.389 e. The molecular formula is C16H8BrF17. The Labute approximate surface area is 186 Å². The molecule has 34 heavy (non-hydrogen) atoms. The molecule has 0 saturated heterocycles. The standard InChI is InChI=1S/C16H8BrF17/c17-8-3-1-7(2-4-8)11(23,24)13(27,28)15(31,32)16(33,34)14(29,30)12(25,26)9(18,19)5-6-10(20,21)22/h1-4H,5-6H2. The summed E-state index contributed by atoms with van der Waals surface area (Å²) in [6.45, 7) is 0. The summed E-state index contributed by atoms with van der Waals surface area (Å²) in [5.41, 5.74) is -2.19. The summed E-state index contributed by atoms with van der Waals surface area (Å²) in [7, 11) is 0. The van der Waals surface area contributed by atoms with Crippen LogP contribution in [0.2, 0.25) is 0 Å². The molecule has 0 N–H and O–H groups in total. The maximum absolute atomic E-state index is 14.0. The van der Waals surface area contributed by atoms with Crippen molar-refractivity contribution < 1.29 is 74.6 Å². The second-order valence-electron chi connectivity index (χ2n) is 6.77. The van der Waals surface area contributed by atoms with Gasteiger partial charge in [-0.15, -0.1) is 0 Å². The third-order valence-corrected chi connectivity index (χ3v) is 4.89. The first-order valence-corrected chi connectivity index (χ1v) is 8.97. The van der Waals surface area contributed by atoms with Gasteiger partial charge in [-0.05, 0) is 12.1 Å². The van der Waals surface area contributed by atoms with Gasteiger partial charge in [-0.1, -0.05) is 28.1 Å². The van der Waals surface area contributed by atoms with Crippen LogP contribution in [0.4, 0.5) is 74.6 Å². The van der Waals surface area contributed by atoms with Crippen LogP contribution in [0.15, 0.2) is 28.7 Å². The minimum atomic E-state index is -8.34. The smallest absolute Gasteiger partial charge is 0.200 e. The van der Waals surface area contributed by atoms with Crippen molar-refractivity contribution >= 4 is 15.9 Å². The molecule has 0 aliphatic carbocycles. The molecule has 0 bridgehead atoms. The van der Waals surface area contributed by atoms with Gasteiger partial charge in [-0.25, -0.2) is 0 Å². The van der Waals surface area contributed by atoms with E-state index in [9.17, 15) is 74.6 Å². The molecule has 1 rings (SSSR count). The predicted molar refractivity (Wildman–Crippen MR) is 83.0 cm³/mol. The van der Waals surface area contributed by atoms with Gasteiger partial charge in [0.05, 0.1) is 0 Å². The number of benzene rings is 1. The lowest BCUT2D eigenvalue weighted by molar-refractivity contribution is -0.443. The summed E-state index contributed by atoms with van der Waals surface area (Å²) in [6.07, 6.45) is -12.1. The van der Waals surface area contributed by atoms with Gasteiger partial charge in [-0.3, -0.25) is 0 Å². The van der Waals surface area contributed by atoms with Gasteiger partial charge < -0.3 is 0 Å². The molecule has 1 aromatic rings. The highest BCUT2D eigenvalue weighted by molar-refractivity contribution is 9.10. The molecule has 0 saturated carbocycles. The van der Waals surface area contributed by atoms with Crippen molar-refractivity contribution in [2.45, 2.75) is 60.5 Å². The van der Waals surface area contributed by atoms with Crippen molar-refractivity contribution in [3.63, 3.8) is 0 Å². The van der Waals surface area contributed by atoms with Crippen molar-refractivity contribution in [1.29, 1.82) is 0 Å². The van der Waals surface area contributed by atoms with Gasteiger partial charge in [0.25, 0.3) is 0 Å². The summed E-state index contributed by atoms with van der Waals surface area (Å²) in [6, 6.07) is 0.841. The molecule has 0 heterocycles. The van der Waals surface area contributed by atoms with Crippen molar-refractivity contribution in [2.75, 3.05) is 0 Å². The van der Waals surface area contributed by atoms with E-state index in [-0.39, 0.29) is 16.6 Å². The second-order valence-corrected chi connectivity index (χ2v) is 7.69. The van der Waals surface area contributed by atoms with E-state index < -0.39 is 66.0 Å². The van der Waals surface area contributed by atoms with Gasteiger partial charge in [0, 0.05) is 22.9 Å². The molecule has 0 nitrogen and oxygen atoms in total. The largest absolute Gasteiger partial charge is 0.389 e. The number of hydrogen-bond acceptors (Lipinski definition) is 0. The minimum absolute atomic E-state index is 0.0652. The molecule has 0 fully saturated rings. The number of halogens is 18. The van der Waals surface area contributed by atoms with Crippen LogP contribution in [-0.4, -0.2) is 41.7 Å². The SMILES string of the molecule is FC(F)(F)CCC(F)(F)C(F)(F)C(F)(F)C(F)(F)C(F)(F)C(F)(F)C(F)(F)c1ccc(Br)cc1. The molecule has 198 valence electrons. The van der Waals surface area contributed by atoms with Gasteiger partial charge in [0.1, 0.15) is 0 Å². The van der Waals surface area contributed by atoms with Crippen LogP contribution in [0.3, 0.4) is 0 Å². The highest BCUT2D eigenvalue weighted by Gasteiger charge is 2.92. The zero-order chi connectivity index (χ0) is 27.4. The van der Waals surface area contributed by atoms with E-state index in [1.807, 2.05) is 0 Å². The molecule has 0 aromatic heterocycles. The van der Waals surface area contributed by atoms with Crippen LogP contribution < -0.4 is 0 Å². The molecule has 0 atom stereocenters. The van der Waals surface area contributed by atoms with Crippen LogP contribution in [0, 0.1) is 0 Å². The van der Waals surface area contributed by atoms with E-state index >= 15 is 0 Å². The number of rotatable bonds is 9. The topological polar surface area (TPSA) is 0 Å². The minimum Gasteiger partial charge on any atom is -0.200 e. The first-order chi connectivity index (χ1) is 14.7. The Kier molecular flexibility index (Phi) is 7.70. The Balaban J connectivity index is 3.57. The summed E-state index contributed by atoms with van der Waals surface area (Å²) < 4.78 is 227. The molecule has 1 aromatic carbocycles. The van der Waals surface area contributed by atoms with Crippen molar-refractivity contribution in [3.8, 4) is 0 Å². The zero-order valence-electron chi connectivity index (χ0n) is 15.5. The van der Waals surface area contributed by atoms with Gasteiger partial charge in [0.2, 0.25) is 0 Å². The van der Waals surface area contributed by atoms with Gasteiger partial charge in [-0.2, -0.15) is 74.6 Å². The summed E-state index contributed by atoms with van der Waals surface area (Å²) >= 11 is 2.60. The molecule has 0 unspecified atom stereocenters. The predicted octanol–water partition coefficient (Wildman–Crippen LogP) is 8.70. The van der Waals surface area contributed by atoms with E-state index in [2.05, 4.69) is 15.9 Å². The lowest BCUT2D eigenvalue weighted by Crippen LogP contribution is -2.72. The number of alkyl halides is 17. The van der Waals surface area contributed by atoms with E-state index in [1.54, 1.807) is 0 Å². The first-order valence-electron chi connectivity index (χ1n) is 8.18. The Morgan fingerprint density at radius 1 is 0.471 bits per heavy atom. The summed E-state index contributed by atoms with van der Waals surface area (Å²) in [5.74, 6) is -53.5. The van der Waals surface area contributed by atoms with E-state index in [0.29, 0.717) is 12.1 Å². The summed E-state index contributed by atoms with van der Waals surface area (Å²) in [5, 5.41) is 0. The van der Waals surface area contributed by atoms with E-state index in [4.69, 9.17) is 0 Å². The lowest BCUT2D eigenvalue weighted by atomic mass is 9.86. The third-order valence-electron chi connectivity index (χ3n) is 4.36. The molecule has 0 amide bonds. The highest BCUT2D eigenvalue weighted by Crippen LogP contribution is 2.64. The van der Waals surface area contributed by atoms with Crippen molar-refractivity contribution in [3.05, 3.63) is 34.3 Å². The Morgan fingerprint density at radius 2 is 0.824 bits per heavy atom. The average molecular weight is 603 g/mol. The maximum atomic E-state index is 14.0. The summed E-state index contributed by atoms with van der Waals surface area (Å²) in [4.78, 5) is 0. The third kappa shape index (κ3) is 4.66. The van der Waals surface area contributed by atoms with Crippen LogP contribution in [-0.2, 0) is 5.92 Å². The highest BCUT2D eigenvalue weighted by atomic mass is 79.9. The molecule has 0 aliphatic heterocycles. The van der Waals surface area contributed by atoms with Crippen LogP contribution in [0.1, 0.15) is 18.4 Å². The quantitative estimate of drug-likeness (QED) is 0.248. The van der Waals surface area contributed by atoms with Crippen molar-refractivity contribution in [1.82, 2.24) is 0 Å². The lowest BCUT2D eigenvalue weighted by Gasteiger charge is -2.42. The molecule has 0 spiro atoms. The number of hydrogen-bond donors (Lipinski definition) is 0. The van der Waals surface area contributed by atoms with E-state index in [1.165, 1.54) is 0 Å². The fourth-order valence-corrected chi connectivity index (χ4v) is 2.58. The fraction of sp³-hybridized carbons (Fsp3) is 0.625. The first kappa shape index (κ1) is 30.5. The van der Waals surface area contributed by atoms with Gasteiger partial charge in [0.15, 0.2) is 0 Å². The second kappa shape index (κ2) is 8.57. The van der Waals surface area contributed by atoms with Crippen LogP contribution in [0.25, 0.3) is 0 Å². The van der Waals surface area contributed by atoms with Crippen LogP contribution in [0.5, 0.6) is 0 Å². The average Bonchev–Trinajstić information content (AvgIpc) is 2.65. The van der Waals surface area contributed by atoms with Crippen LogP contribution >= 0.6 is 15.9 Å². The Morgan fingerprint density at radius 3 is 1.21 bits per heavy atom. The normalized spacial score (nSPS) is 15.6. The molecule has 0 radical (unpaired) electrons. The van der Waals surface area contributed by atoms with Gasteiger partial charge >= 0.3 is 47.6 Å². The van der Waals surface area contributed by atoms with E-state index in [0.717, 1.165) is 0 Å². The molecule has 18 heteroatoms. The fourth-order valence-electron chi connectivity index (χ4n) is 2.31. The van der Waals surface area contributed by atoms with Crippen molar-refractivity contribution in [2.24, 2.45) is 0 Å². The molecular weight excluding hydrogens is 595 g/mol. The Hall–Kier alpha value is -1.49. The monoisotopic (exact) mass is 602 g/mol. The zero-order valence-corrected chi connectivity index (χ0v) is 17.1. The molecule has 0 aliphatic rings. The Bertz CT molecular complexity index is 853.